The average Bonchev–Trinajstić information content (AvgIpc) is 2.49. The van der Waals surface area contributed by atoms with Crippen LogP contribution in [0.2, 0.25) is 5.02 Å². The Balaban J connectivity index is 2.22. The molecule has 0 spiro atoms. The van der Waals surface area contributed by atoms with E-state index < -0.39 is 5.82 Å². The molecule has 0 saturated heterocycles. The van der Waals surface area contributed by atoms with Crippen molar-refractivity contribution in [2.75, 3.05) is 12.3 Å². The SMILES string of the molecule is CCN(Cc1ccc(N)cc1)C(=O)c1cccc(Cl)c1F. The van der Waals surface area contributed by atoms with E-state index in [4.69, 9.17) is 17.3 Å². The van der Waals surface area contributed by atoms with Crippen LogP contribution >= 0.6 is 11.6 Å². The first-order chi connectivity index (χ1) is 10.0. The fourth-order valence-corrected chi connectivity index (χ4v) is 2.18. The van der Waals surface area contributed by atoms with Crippen LogP contribution in [0.15, 0.2) is 42.5 Å². The van der Waals surface area contributed by atoms with Gasteiger partial charge in [0.1, 0.15) is 0 Å². The molecule has 21 heavy (non-hydrogen) atoms. The molecule has 5 heteroatoms. The quantitative estimate of drug-likeness (QED) is 0.875. The molecular formula is C16H16ClFN2O. The highest BCUT2D eigenvalue weighted by molar-refractivity contribution is 6.31. The van der Waals surface area contributed by atoms with Crippen LogP contribution in [0.25, 0.3) is 0 Å². The zero-order valence-electron chi connectivity index (χ0n) is 11.6. The van der Waals surface area contributed by atoms with Gasteiger partial charge in [-0.25, -0.2) is 4.39 Å². The number of hydrogen-bond donors (Lipinski definition) is 1. The van der Waals surface area contributed by atoms with E-state index in [9.17, 15) is 9.18 Å². The van der Waals surface area contributed by atoms with Crippen LogP contribution in [-0.2, 0) is 6.54 Å². The Morgan fingerprint density at radius 3 is 2.52 bits per heavy atom. The van der Waals surface area contributed by atoms with Crippen molar-refractivity contribution < 1.29 is 9.18 Å². The Labute approximate surface area is 128 Å². The van der Waals surface area contributed by atoms with E-state index in [1.54, 1.807) is 23.1 Å². The van der Waals surface area contributed by atoms with E-state index in [0.29, 0.717) is 18.8 Å². The lowest BCUT2D eigenvalue weighted by molar-refractivity contribution is 0.0748. The smallest absolute Gasteiger partial charge is 0.257 e. The molecule has 0 aliphatic heterocycles. The first-order valence-electron chi connectivity index (χ1n) is 6.60. The van der Waals surface area contributed by atoms with Gasteiger partial charge in [0.2, 0.25) is 0 Å². The number of halogens is 2. The summed E-state index contributed by atoms with van der Waals surface area (Å²) >= 11 is 5.72. The van der Waals surface area contributed by atoms with Gasteiger partial charge in [0.05, 0.1) is 10.6 Å². The minimum atomic E-state index is -0.681. The number of benzene rings is 2. The number of carbonyl (C=O) groups is 1. The summed E-state index contributed by atoms with van der Waals surface area (Å²) in [5, 5.41) is -0.0515. The lowest BCUT2D eigenvalue weighted by Gasteiger charge is -2.21. The van der Waals surface area contributed by atoms with E-state index in [1.165, 1.54) is 12.1 Å². The molecule has 0 bridgehead atoms. The van der Waals surface area contributed by atoms with Crippen LogP contribution in [0, 0.1) is 5.82 Å². The zero-order chi connectivity index (χ0) is 15.4. The molecule has 0 aromatic heterocycles. The van der Waals surface area contributed by atoms with Gasteiger partial charge < -0.3 is 10.6 Å². The highest BCUT2D eigenvalue weighted by Gasteiger charge is 2.19. The van der Waals surface area contributed by atoms with Gasteiger partial charge in [-0.05, 0) is 36.8 Å². The molecule has 2 N–H and O–H groups in total. The second-order valence-electron chi connectivity index (χ2n) is 4.66. The van der Waals surface area contributed by atoms with Crippen molar-refractivity contribution in [2.45, 2.75) is 13.5 Å². The van der Waals surface area contributed by atoms with Gasteiger partial charge >= 0.3 is 0 Å². The summed E-state index contributed by atoms with van der Waals surface area (Å²) < 4.78 is 13.9. The lowest BCUT2D eigenvalue weighted by atomic mass is 10.1. The van der Waals surface area contributed by atoms with Gasteiger partial charge in [0, 0.05) is 18.8 Å². The summed E-state index contributed by atoms with van der Waals surface area (Å²) in [6.07, 6.45) is 0. The standard InChI is InChI=1S/C16H16ClFN2O/c1-2-20(10-11-6-8-12(19)9-7-11)16(21)13-4-3-5-14(17)15(13)18/h3-9H,2,10,19H2,1H3. The molecule has 110 valence electrons. The van der Waals surface area contributed by atoms with Crippen molar-refractivity contribution in [3.8, 4) is 0 Å². The summed E-state index contributed by atoms with van der Waals surface area (Å²) in [4.78, 5) is 14.0. The molecule has 0 atom stereocenters. The van der Waals surface area contributed by atoms with Crippen molar-refractivity contribution in [1.29, 1.82) is 0 Å². The molecular weight excluding hydrogens is 291 g/mol. The molecule has 0 heterocycles. The Morgan fingerprint density at radius 1 is 1.24 bits per heavy atom. The molecule has 0 aliphatic carbocycles. The number of hydrogen-bond acceptors (Lipinski definition) is 2. The number of nitrogens with zero attached hydrogens (tertiary/aromatic N) is 1. The van der Waals surface area contributed by atoms with E-state index in [2.05, 4.69) is 0 Å². The molecule has 0 saturated carbocycles. The van der Waals surface area contributed by atoms with Crippen molar-refractivity contribution in [3.05, 3.63) is 64.4 Å². The summed E-state index contributed by atoms with van der Waals surface area (Å²) in [7, 11) is 0. The number of carbonyl (C=O) groups excluding carboxylic acids is 1. The van der Waals surface area contributed by atoms with Gasteiger partial charge in [0.15, 0.2) is 5.82 Å². The number of anilines is 1. The summed E-state index contributed by atoms with van der Waals surface area (Å²) in [6, 6.07) is 11.7. The van der Waals surface area contributed by atoms with E-state index in [1.807, 2.05) is 19.1 Å². The minimum Gasteiger partial charge on any atom is -0.399 e. The van der Waals surface area contributed by atoms with Crippen molar-refractivity contribution in [1.82, 2.24) is 4.90 Å². The highest BCUT2D eigenvalue weighted by atomic mass is 35.5. The molecule has 2 aromatic rings. The molecule has 2 aromatic carbocycles. The maximum Gasteiger partial charge on any atom is 0.257 e. The Hall–Kier alpha value is -2.07. The summed E-state index contributed by atoms with van der Waals surface area (Å²) in [5.74, 6) is -1.06. The third-order valence-electron chi connectivity index (χ3n) is 3.20. The molecule has 0 aliphatic rings. The second-order valence-corrected chi connectivity index (χ2v) is 5.07. The molecule has 0 radical (unpaired) electrons. The number of nitrogens with two attached hydrogens (primary N) is 1. The highest BCUT2D eigenvalue weighted by Crippen LogP contribution is 2.20. The van der Waals surface area contributed by atoms with E-state index >= 15 is 0 Å². The van der Waals surface area contributed by atoms with Gasteiger partial charge in [-0.3, -0.25) is 4.79 Å². The second kappa shape index (κ2) is 6.59. The molecule has 1 amide bonds. The fourth-order valence-electron chi connectivity index (χ4n) is 2.01. The first-order valence-corrected chi connectivity index (χ1v) is 6.98. The minimum absolute atomic E-state index is 0.0141. The van der Waals surface area contributed by atoms with Crippen LogP contribution in [-0.4, -0.2) is 17.4 Å². The zero-order valence-corrected chi connectivity index (χ0v) is 12.4. The van der Waals surface area contributed by atoms with E-state index in [-0.39, 0.29) is 16.5 Å². The van der Waals surface area contributed by atoms with Crippen molar-refractivity contribution in [3.63, 3.8) is 0 Å². The normalized spacial score (nSPS) is 10.4. The predicted octanol–water partition coefficient (Wildman–Crippen LogP) is 3.72. The van der Waals surface area contributed by atoms with Crippen LogP contribution in [0.4, 0.5) is 10.1 Å². The number of rotatable bonds is 4. The largest absolute Gasteiger partial charge is 0.399 e. The van der Waals surface area contributed by atoms with Gasteiger partial charge in [-0.2, -0.15) is 0 Å². The Bertz CT molecular complexity index is 643. The topological polar surface area (TPSA) is 46.3 Å². The number of amides is 1. The molecule has 3 nitrogen and oxygen atoms in total. The molecule has 2 rings (SSSR count). The van der Waals surface area contributed by atoms with Crippen LogP contribution in [0.1, 0.15) is 22.8 Å². The van der Waals surface area contributed by atoms with Gasteiger partial charge in [-0.15, -0.1) is 0 Å². The van der Waals surface area contributed by atoms with E-state index in [0.717, 1.165) is 5.56 Å². The Morgan fingerprint density at radius 2 is 1.90 bits per heavy atom. The van der Waals surface area contributed by atoms with Crippen LogP contribution < -0.4 is 5.73 Å². The van der Waals surface area contributed by atoms with Crippen molar-refractivity contribution >= 4 is 23.2 Å². The monoisotopic (exact) mass is 306 g/mol. The maximum absolute atomic E-state index is 13.9. The van der Waals surface area contributed by atoms with Crippen LogP contribution in [0.5, 0.6) is 0 Å². The van der Waals surface area contributed by atoms with Gasteiger partial charge in [-0.1, -0.05) is 29.8 Å². The maximum atomic E-state index is 13.9. The van der Waals surface area contributed by atoms with Crippen molar-refractivity contribution in [2.24, 2.45) is 0 Å². The summed E-state index contributed by atoms with van der Waals surface area (Å²) in [5.41, 5.74) is 7.21. The van der Waals surface area contributed by atoms with Gasteiger partial charge in [0.25, 0.3) is 5.91 Å². The number of nitrogen functional groups attached to an aromatic ring is 1. The Kier molecular flexibility index (Phi) is 4.81. The molecule has 0 unspecified atom stereocenters. The third kappa shape index (κ3) is 3.52. The first kappa shape index (κ1) is 15.3. The molecule has 0 fully saturated rings. The summed E-state index contributed by atoms with van der Waals surface area (Å²) in [6.45, 7) is 2.70. The fraction of sp³-hybridized carbons (Fsp3) is 0.188. The average molecular weight is 307 g/mol. The third-order valence-corrected chi connectivity index (χ3v) is 3.50. The lowest BCUT2D eigenvalue weighted by Crippen LogP contribution is -2.31. The van der Waals surface area contributed by atoms with Crippen LogP contribution in [0.3, 0.4) is 0 Å². The predicted molar refractivity (Wildman–Crippen MR) is 82.7 cm³/mol.